The normalized spacial score (nSPS) is 16.1. The van der Waals surface area contributed by atoms with Crippen molar-refractivity contribution in [2.24, 2.45) is 0 Å². The molecule has 1 aromatic carbocycles. The molecule has 4 heteroatoms. The summed E-state index contributed by atoms with van der Waals surface area (Å²) in [5, 5.41) is 6.68. The van der Waals surface area contributed by atoms with Crippen molar-refractivity contribution in [3.63, 3.8) is 0 Å². The molecule has 98 valence electrons. The van der Waals surface area contributed by atoms with Gasteiger partial charge in [0.15, 0.2) is 0 Å². The summed E-state index contributed by atoms with van der Waals surface area (Å²) < 4.78 is 0. The van der Waals surface area contributed by atoms with Crippen molar-refractivity contribution < 1.29 is 4.79 Å². The maximum atomic E-state index is 12.6. The summed E-state index contributed by atoms with van der Waals surface area (Å²) in [6.07, 6.45) is 5.48. The van der Waals surface area contributed by atoms with E-state index in [9.17, 15) is 4.79 Å². The smallest absolute Gasteiger partial charge is 0.233 e. The number of amides is 1. The number of nitrogens with one attached hydrogen (secondary N) is 1. The molecule has 0 spiro atoms. The van der Waals surface area contributed by atoms with Crippen LogP contribution in [0.25, 0.3) is 0 Å². The fraction of sp³-hybridized carbons (Fsp3) is 0.333. The van der Waals surface area contributed by atoms with Crippen LogP contribution in [0.2, 0.25) is 0 Å². The van der Waals surface area contributed by atoms with Crippen molar-refractivity contribution in [2.75, 3.05) is 7.05 Å². The molecule has 1 saturated carbocycles. The Morgan fingerprint density at radius 1 is 1.37 bits per heavy atom. The van der Waals surface area contributed by atoms with Crippen molar-refractivity contribution in [2.45, 2.75) is 24.8 Å². The summed E-state index contributed by atoms with van der Waals surface area (Å²) in [4.78, 5) is 14.4. The molecule has 4 nitrogen and oxygen atoms in total. The molecular formula is C15H17N3O. The van der Waals surface area contributed by atoms with Gasteiger partial charge in [0, 0.05) is 25.4 Å². The van der Waals surface area contributed by atoms with E-state index in [-0.39, 0.29) is 11.3 Å². The molecule has 3 rings (SSSR count). The maximum Gasteiger partial charge on any atom is 0.233 e. The highest BCUT2D eigenvalue weighted by atomic mass is 16.2. The average Bonchev–Trinajstić information content (AvgIpc) is 3.11. The highest BCUT2D eigenvalue weighted by molar-refractivity contribution is 5.91. The largest absolute Gasteiger partial charge is 0.341 e. The lowest BCUT2D eigenvalue weighted by Gasteiger charge is -2.23. The number of carbonyl (C=O) groups excluding carboxylic acids is 1. The molecule has 1 aliphatic carbocycles. The quantitative estimate of drug-likeness (QED) is 0.909. The Morgan fingerprint density at radius 3 is 2.68 bits per heavy atom. The fourth-order valence-electron chi connectivity index (χ4n) is 2.58. The number of hydrogen-bond donors (Lipinski definition) is 1. The van der Waals surface area contributed by atoms with Crippen molar-refractivity contribution in [3.8, 4) is 0 Å². The second-order valence-electron chi connectivity index (χ2n) is 5.22. The zero-order valence-electron chi connectivity index (χ0n) is 11.0. The number of aromatic nitrogens is 2. The molecule has 0 bridgehead atoms. The number of likely N-dealkylation sites (N-methyl/N-ethyl adjacent to an activating group) is 1. The van der Waals surface area contributed by atoms with E-state index in [1.807, 2.05) is 31.4 Å². The van der Waals surface area contributed by atoms with Crippen LogP contribution in [0.5, 0.6) is 0 Å². The molecule has 1 aromatic heterocycles. The van der Waals surface area contributed by atoms with Gasteiger partial charge in [-0.3, -0.25) is 9.89 Å². The van der Waals surface area contributed by atoms with E-state index < -0.39 is 0 Å². The molecule has 0 unspecified atom stereocenters. The first-order valence-corrected chi connectivity index (χ1v) is 6.51. The van der Waals surface area contributed by atoms with Gasteiger partial charge in [-0.25, -0.2) is 0 Å². The summed E-state index contributed by atoms with van der Waals surface area (Å²) >= 11 is 0. The number of nitrogens with zero attached hydrogens (tertiary/aromatic N) is 2. The predicted octanol–water partition coefficient (Wildman–Crippen LogP) is 2.10. The third-order valence-electron chi connectivity index (χ3n) is 3.81. The zero-order chi connectivity index (χ0) is 13.3. The molecule has 1 fully saturated rings. The zero-order valence-corrected chi connectivity index (χ0v) is 11.0. The number of H-pyrrole nitrogens is 1. The van der Waals surface area contributed by atoms with Gasteiger partial charge >= 0.3 is 0 Å². The molecule has 0 aliphatic heterocycles. The second kappa shape index (κ2) is 4.53. The van der Waals surface area contributed by atoms with Crippen LogP contribution in [0.15, 0.2) is 42.7 Å². The van der Waals surface area contributed by atoms with E-state index in [2.05, 4.69) is 22.3 Å². The Labute approximate surface area is 112 Å². The van der Waals surface area contributed by atoms with Crippen LogP contribution in [-0.2, 0) is 16.8 Å². The van der Waals surface area contributed by atoms with E-state index in [4.69, 9.17) is 0 Å². The minimum atomic E-state index is -0.278. The van der Waals surface area contributed by atoms with Gasteiger partial charge in [0.1, 0.15) is 0 Å². The minimum Gasteiger partial charge on any atom is -0.341 e. The fourth-order valence-corrected chi connectivity index (χ4v) is 2.58. The third kappa shape index (κ3) is 2.14. The van der Waals surface area contributed by atoms with Crippen molar-refractivity contribution in [1.29, 1.82) is 0 Å². The van der Waals surface area contributed by atoms with Gasteiger partial charge in [0.25, 0.3) is 0 Å². The van der Waals surface area contributed by atoms with E-state index in [0.29, 0.717) is 6.54 Å². The Balaban J connectivity index is 1.77. The monoisotopic (exact) mass is 255 g/mol. The molecule has 19 heavy (non-hydrogen) atoms. The standard InChI is InChI=1S/C15H17N3O/c1-18(11-12-9-16-17-10-12)14(19)15(7-8-15)13-5-3-2-4-6-13/h2-6,9-10H,7-8,11H2,1H3,(H,16,17). The lowest BCUT2D eigenvalue weighted by molar-refractivity contribution is -0.133. The first-order chi connectivity index (χ1) is 9.22. The Bertz CT molecular complexity index is 558. The molecule has 1 N–H and O–H groups in total. The second-order valence-corrected chi connectivity index (χ2v) is 5.22. The van der Waals surface area contributed by atoms with Crippen LogP contribution in [-0.4, -0.2) is 28.1 Å². The van der Waals surface area contributed by atoms with E-state index in [1.165, 1.54) is 0 Å². The van der Waals surface area contributed by atoms with Gasteiger partial charge in [-0.2, -0.15) is 5.10 Å². The van der Waals surface area contributed by atoms with Crippen LogP contribution >= 0.6 is 0 Å². The Kier molecular flexibility index (Phi) is 2.85. The van der Waals surface area contributed by atoms with E-state index >= 15 is 0 Å². The molecule has 1 aliphatic rings. The van der Waals surface area contributed by atoms with Crippen LogP contribution < -0.4 is 0 Å². The van der Waals surface area contributed by atoms with Gasteiger partial charge in [0.05, 0.1) is 11.6 Å². The summed E-state index contributed by atoms with van der Waals surface area (Å²) in [5.41, 5.74) is 1.89. The number of rotatable bonds is 4. The number of carbonyl (C=O) groups is 1. The molecule has 0 saturated heterocycles. The molecule has 0 atom stereocenters. The molecule has 1 heterocycles. The highest BCUT2D eigenvalue weighted by Crippen LogP contribution is 2.49. The average molecular weight is 255 g/mol. The maximum absolute atomic E-state index is 12.6. The Hall–Kier alpha value is -2.10. The SMILES string of the molecule is CN(Cc1cn[nH]c1)C(=O)C1(c2ccccc2)CC1. The van der Waals surface area contributed by atoms with Gasteiger partial charge in [0.2, 0.25) is 5.91 Å². The van der Waals surface area contributed by atoms with E-state index in [1.54, 1.807) is 11.1 Å². The first-order valence-electron chi connectivity index (χ1n) is 6.51. The molecule has 0 radical (unpaired) electrons. The van der Waals surface area contributed by atoms with Gasteiger partial charge in [-0.05, 0) is 18.4 Å². The van der Waals surface area contributed by atoms with Crippen molar-refractivity contribution >= 4 is 5.91 Å². The topological polar surface area (TPSA) is 49.0 Å². The first kappa shape index (κ1) is 12.0. The lowest BCUT2D eigenvalue weighted by atomic mass is 9.94. The van der Waals surface area contributed by atoms with Crippen molar-refractivity contribution in [1.82, 2.24) is 15.1 Å². The van der Waals surface area contributed by atoms with Gasteiger partial charge < -0.3 is 4.90 Å². The lowest BCUT2D eigenvalue weighted by Crippen LogP contribution is -2.36. The van der Waals surface area contributed by atoms with Crippen LogP contribution in [0.1, 0.15) is 24.0 Å². The predicted molar refractivity (Wildman–Crippen MR) is 72.4 cm³/mol. The number of aromatic amines is 1. The highest BCUT2D eigenvalue weighted by Gasteiger charge is 2.52. The van der Waals surface area contributed by atoms with Crippen molar-refractivity contribution in [3.05, 3.63) is 53.9 Å². The number of benzene rings is 1. The molecule has 2 aromatic rings. The summed E-state index contributed by atoms with van der Waals surface area (Å²) in [6, 6.07) is 10.1. The summed E-state index contributed by atoms with van der Waals surface area (Å²) in [6.45, 7) is 0.601. The summed E-state index contributed by atoms with van der Waals surface area (Å²) in [5.74, 6) is 0.208. The molecule has 1 amide bonds. The van der Waals surface area contributed by atoms with Crippen LogP contribution in [0, 0.1) is 0 Å². The third-order valence-corrected chi connectivity index (χ3v) is 3.81. The summed E-state index contributed by atoms with van der Waals surface area (Å²) in [7, 11) is 1.86. The van der Waals surface area contributed by atoms with E-state index in [0.717, 1.165) is 24.0 Å². The van der Waals surface area contributed by atoms with Gasteiger partial charge in [-0.1, -0.05) is 30.3 Å². The number of hydrogen-bond acceptors (Lipinski definition) is 2. The Morgan fingerprint density at radius 2 is 2.11 bits per heavy atom. The minimum absolute atomic E-state index is 0.208. The van der Waals surface area contributed by atoms with Gasteiger partial charge in [-0.15, -0.1) is 0 Å². The van der Waals surface area contributed by atoms with Crippen LogP contribution in [0.4, 0.5) is 0 Å². The molecular weight excluding hydrogens is 238 g/mol. The van der Waals surface area contributed by atoms with Crippen LogP contribution in [0.3, 0.4) is 0 Å².